The summed E-state index contributed by atoms with van der Waals surface area (Å²) in [5.74, 6) is -0.168. The summed E-state index contributed by atoms with van der Waals surface area (Å²) in [6, 6.07) is 8.76. The van der Waals surface area contributed by atoms with Gasteiger partial charge in [-0.25, -0.2) is 0 Å². The number of nitrogens with one attached hydrogen (secondary N) is 2. The molecule has 5 nitrogen and oxygen atoms in total. The van der Waals surface area contributed by atoms with E-state index in [1.165, 1.54) is 0 Å². The molecule has 0 aromatic heterocycles. The summed E-state index contributed by atoms with van der Waals surface area (Å²) in [6.45, 7) is 1.31. The lowest BCUT2D eigenvalue weighted by atomic mass is 10.1. The lowest BCUT2D eigenvalue weighted by molar-refractivity contribution is -0.113. The van der Waals surface area contributed by atoms with Gasteiger partial charge in [0.15, 0.2) is 0 Å². The predicted molar refractivity (Wildman–Crippen MR) is 68.5 cm³/mol. The summed E-state index contributed by atoms with van der Waals surface area (Å²) in [5, 5.41) is 14.6. The average molecular weight is 242 g/mol. The fourth-order valence-corrected chi connectivity index (χ4v) is 1.80. The van der Waals surface area contributed by atoms with Gasteiger partial charge in [0, 0.05) is 23.5 Å². The Morgan fingerprint density at radius 3 is 2.72 bits per heavy atom. The molecule has 0 saturated carbocycles. The van der Waals surface area contributed by atoms with E-state index in [1.54, 1.807) is 24.3 Å². The van der Waals surface area contributed by atoms with Crippen LogP contribution < -0.4 is 16.4 Å². The number of carbonyl (C=O) groups is 1. The highest BCUT2D eigenvalue weighted by atomic mass is 16.1. The van der Waals surface area contributed by atoms with Crippen LogP contribution in [0.15, 0.2) is 35.5 Å². The first-order valence-electron chi connectivity index (χ1n) is 5.70. The molecular formula is C13H14N4O. The second kappa shape index (κ2) is 5.34. The van der Waals surface area contributed by atoms with Crippen LogP contribution in [0.4, 0.5) is 5.69 Å². The molecule has 2 rings (SSSR count). The van der Waals surface area contributed by atoms with E-state index in [0.29, 0.717) is 35.5 Å². The second-order valence-corrected chi connectivity index (χ2v) is 4.07. The van der Waals surface area contributed by atoms with E-state index in [4.69, 9.17) is 11.0 Å². The van der Waals surface area contributed by atoms with Crippen molar-refractivity contribution in [3.05, 3.63) is 41.1 Å². The lowest BCUT2D eigenvalue weighted by Crippen LogP contribution is -2.33. The molecule has 92 valence electrons. The van der Waals surface area contributed by atoms with E-state index in [-0.39, 0.29) is 5.91 Å². The van der Waals surface area contributed by atoms with Crippen molar-refractivity contribution in [2.24, 2.45) is 5.73 Å². The van der Waals surface area contributed by atoms with Crippen LogP contribution in [-0.4, -0.2) is 19.0 Å². The minimum Gasteiger partial charge on any atom is -0.401 e. The van der Waals surface area contributed by atoms with Crippen LogP contribution in [0, 0.1) is 11.3 Å². The molecule has 0 saturated heterocycles. The molecule has 0 atom stereocenters. The van der Waals surface area contributed by atoms with Gasteiger partial charge in [0.2, 0.25) is 0 Å². The van der Waals surface area contributed by atoms with E-state index in [1.807, 2.05) is 6.07 Å². The standard InChI is InChI=1S/C13H14N4O/c14-7-9-1-3-10(4-2-9)17-13(18)11-5-6-16-8-12(11)15/h1-4,16H,5-6,8,15H2,(H,17,18). The summed E-state index contributed by atoms with van der Waals surface area (Å²) in [5.41, 5.74) is 8.25. The Labute approximate surface area is 105 Å². The van der Waals surface area contributed by atoms with Crippen molar-refractivity contribution in [3.8, 4) is 6.07 Å². The molecule has 1 heterocycles. The van der Waals surface area contributed by atoms with E-state index >= 15 is 0 Å². The van der Waals surface area contributed by atoms with Crippen LogP contribution >= 0.6 is 0 Å². The Hall–Kier alpha value is -2.32. The lowest BCUT2D eigenvalue weighted by Gasteiger charge is -2.18. The molecule has 1 aromatic carbocycles. The Bertz CT molecular complexity index is 525. The molecule has 0 bridgehead atoms. The van der Waals surface area contributed by atoms with Gasteiger partial charge in [0.25, 0.3) is 5.91 Å². The first-order chi connectivity index (χ1) is 8.70. The van der Waals surface area contributed by atoms with Crippen LogP contribution in [0.25, 0.3) is 0 Å². The molecule has 1 aliphatic rings. The number of amides is 1. The van der Waals surface area contributed by atoms with Gasteiger partial charge in [-0.15, -0.1) is 0 Å². The van der Waals surface area contributed by atoms with Crippen LogP contribution in [-0.2, 0) is 4.79 Å². The number of benzene rings is 1. The van der Waals surface area contributed by atoms with Gasteiger partial charge in [-0.2, -0.15) is 5.26 Å². The molecule has 1 amide bonds. The van der Waals surface area contributed by atoms with Gasteiger partial charge >= 0.3 is 0 Å². The number of carbonyl (C=O) groups excluding carboxylic acids is 1. The number of nitriles is 1. The zero-order valence-electron chi connectivity index (χ0n) is 9.86. The van der Waals surface area contributed by atoms with Gasteiger partial charge in [-0.05, 0) is 37.2 Å². The number of hydrogen-bond acceptors (Lipinski definition) is 4. The number of hydrogen-bond donors (Lipinski definition) is 3. The Kier molecular flexibility index (Phi) is 3.60. The van der Waals surface area contributed by atoms with Gasteiger partial charge in [-0.3, -0.25) is 4.79 Å². The van der Waals surface area contributed by atoms with Crippen molar-refractivity contribution in [1.29, 1.82) is 5.26 Å². The van der Waals surface area contributed by atoms with Crippen molar-refractivity contribution >= 4 is 11.6 Å². The van der Waals surface area contributed by atoms with Crippen LogP contribution in [0.3, 0.4) is 0 Å². The predicted octanol–water partition coefficient (Wildman–Crippen LogP) is 0.703. The minimum absolute atomic E-state index is 0.168. The maximum Gasteiger partial charge on any atom is 0.253 e. The van der Waals surface area contributed by atoms with E-state index < -0.39 is 0 Å². The minimum atomic E-state index is -0.168. The molecule has 0 unspecified atom stereocenters. The summed E-state index contributed by atoms with van der Waals surface area (Å²) < 4.78 is 0. The molecule has 5 heteroatoms. The van der Waals surface area contributed by atoms with Gasteiger partial charge in [-0.1, -0.05) is 0 Å². The maximum atomic E-state index is 12.0. The number of nitrogens with two attached hydrogens (primary N) is 1. The van der Waals surface area contributed by atoms with E-state index in [2.05, 4.69) is 10.6 Å². The highest BCUT2D eigenvalue weighted by molar-refractivity contribution is 6.04. The second-order valence-electron chi connectivity index (χ2n) is 4.07. The molecule has 1 aromatic rings. The zero-order chi connectivity index (χ0) is 13.0. The molecule has 4 N–H and O–H groups in total. The number of nitrogens with zero attached hydrogens (tertiary/aromatic N) is 1. The number of rotatable bonds is 2. The molecule has 0 fully saturated rings. The van der Waals surface area contributed by atoms with Crippen molar-refractivity contribution in [2.75, 3.05) is 18.4 Å². The fourth-order valence-electron chi connectivity index (χ4n) is 1.80. The third-order valence-electron chi connectivity index (χ3n) is 2.80. The van der Waals surface area contributed by atoms with Crippen molar-refractivity contribution in [1.82, 2.24) is 5.32 Å². The first kappa shape index (κ1) is 12.1. The highest BCUT2D eigenvalue weighted by Crippen LogP contribution is 2.14. The smallest absolute Gasteiger partial charge is 0.253 e. The van der Waals surface area contributed by atoms with Gasteiger partial charge < -0.3 is 16.4 Å². The summed E-state index contributed by atoms with van der Waals surface area (Å²) in [7, 11) is 0. The third-order valence-corrected chi connectivity index (χ3v) is 2.80. The Morgan fingerprint density at radius 1 is 1.39 bits per heavy atom. The quantitative estimate of drug-likeness (QED) is 0.712. The third kappa shape index (κ3) is 2.67. The van der Waals surface area contributed by atoms with Crippen LogP contribution in [0.5, 0.6) is 0 Å². The number of anilines is 1. The van der Waals surface area contributed by atoms with Crippen LogP contribution in [0.2, 0.25) is 0 Å². The molecule has 0 spiro atoms. The normalized spacial score (nSPS) is 15.1. The SMILES string of the molecule is N#Cc1ccc(NC(=O)C2=C(N)CNCC2)cc1. The van der Waals surface area contributed by atoms with Crippen molar-refractivity contribution in [3.63, 3.8) is 0 Å². The average Bonchev–Trinajstić information content (AvgIpc) is 2.40. The van der Waals surface area contributed by atoms with E-state index in [9.17, 15) is 4.79 Å². The molecule has 1 aliphatic heterocycles. The monoisotopic (exact) mass is 242 g/mol. The molecule has 0 aliphatic carbocycles. The maximum absolute atomic E-state index is 12.0. The Balaban J connectivity index is 2.09. The molecule has 0 radical (unpaired) electrons. The highest BCUT2D eigenvalue weighted by Gasteiger charge is 2.16. The van der Waals surface area contributed by atoms with Crippen molar-refractivity contribution in [2.45, 2.75) is 6.42 Å². The largest absolute Gasteiger partial charge is 0.401 e. The summed E-state index contributed by atoms with van der Waals surface area (Å²) in [6.07, 6.45) is 0.633. The molecule has 18 heavy (non-hydrogen) atoms. The fraction of sp³-hybridized carbons (Fsp3) is 0.231. The summed E-state index contributed by atoms with van der Waals surface area (Å²) in [4.78, 5) is 12.0. The zero-order valence-corrected chi connectivity index (χ0v) is 9.86. The topological polar surface area (TPSA) is 90.9 Å². The molecular weight excluding hydrogens is 228 g/mol. The first-order valence-corrected chi connectivity index (χ1v) is 5.70. The summed E-state index contributed by atoms with van der Waals surface area (Å²) >= 11 is 0. The van der Waals surface area contributed by atoms with Gasteiger partial charge in [0.05, 0.1) is 11.6 Å². The van der Waals surface area contributed by atoms with E-state index in [0.717, 1.165) is 6.54 Å². The van der Waals surface area contributed by atoms with Gasteiger partial charge in [0.1, 0.15) is 0 Å². The van der Waals surface area contributed by atoms with Crippen LogP contribution in [0.1, 0.15) is 12.0 Å². The Morgan fingerprint density at radius 2 is 2.11 bits per heavy atom. The van der Waals surface area contributed by atoms with Crippen molar-refractivity contribution < 1.29 is 4.79 Å².